The second kappa shape index (κ2) is 4.91. The Balaban J connectivity index is 4.16. The molecule has 0 aliphatic carbocycles. The highest BCUT2D eigenvalue weighted by Gasteiger charge is 1.82. The van der Waals surface area contributed by atoms with Crippen molar-refractivity contribution in [2.75, 3.05) is 0 Å². The fraction of sp³-hybridized carbons (Fsp3) is 0.500. The summed E-state index contributed by atoms with van der Waals surface area (Å²) in [6, 6.07) is 0. The Kier molecular flexibility index (Phi) is 4.46. The van der Waals surface area contributed by atoms with E-state index in [1.54, 1.807) is 6.21 Å². The zero-order valence-corrected chi connectivity index (χ0v) is 7.05. The van der Waals surface area contributed by atoms with Gasteiger partial charge in [0, 0.05) is 11.9 Å². The molecule has 0 radical (unpaired) electrons. The molecule has 0 aliphatic rings. The summed E-state index contributed by atoms with van der Waals surface area (Å²) in [7, 11) is 0. The molecule has 0 fully saturated rings. The molecule has 0 rings (SSSR count). The molecule has 0 bridgehead atoms. The number of rotatable bonds is 1. The van der Waals surface area contributed by atoms with E-state index in [1.165, 1.54) is 0 Å². The lowest BCUT2D eigenvalue weighted by Gasteiger charge is -1.90. The molecule has 56 valence electrons. The Labute approximate surface area is 62.4 Å². The zero-order valence-electron chi connectivity index (χ0n) is 7.05. The van der Waals surface area contributed by atoms with Crippen molar-refractivity contribution in [3.05, 3.63) is 11.8 Å². The normalized spacial score (nSPS) is 14.8. The molecule has 2 nitrogen and oxygen atoms in total. The fourth-order valence-corrected chi connectivity index (χ4v) is 0.535. The summed E-state index contributed by atoms with van der Waals surface area (Å²) in [5.74, 6) is 0.804. The summed E-state index contributed by atoms with van der Waals surface area (Å²) < 4.78 is 0. The molecular formula is C8H14N2. The van der Waals surface area contributed by atoms with Gasteiger partial charge in [0.15, 0.2) is 0 Å². The van der Waals surface area contributed by atoms with Gasteiger partial charge in [0.2, 0.25) is 0 Å². The maximum absolute atomic E-state index is 4.16. The summed E-state index contributed by atoms with van der Waals surface area (Å²) in [4.78, 5) is 8.16. The Bertz CT molecular complexity index is 176. The monoisotopic (exact) mass is 138 g/mol. The van der Waals surface area contributed by atoms with Gasteiger partial charge in [0.25, 0.3) is 0 Å². The first-order valence-corrected chi connectivity index (χ1v) is 3.37. The van der Waals surface area contributed by atoms with Crippen molar-refractivity contribution >= 4 is 12.1 Å². The minimum Gasteiger partial charge on any atom is -0.246 e. The molecule has 0 heterocycles. The smallest absolute Gasteiger partial charge is 0.125 e. The molecule has 0 aromatic heterocycles. The molecule has 0 unspecified atom stereocenters. The van der Waals surface area contributed by atoms with Crippen molar-refractivity contribution in [3.63, 3.8) is 0 Å². The van der Waals surface area contributed by atoms with Crippen molar-refractivity contribution in [2.45, 2.75) is 27.7 Å². The van der Waals surface area contributed by atoms with Crippen molar-refractivity contribution in [2.24, 2.45) is 9.98 Å². The topological polar surface area (TPSA) is 24.7 Å². The molecule has 0 amide bonds. The van der Waals surface area contributed by atoms with E-state index in [4.69, 9.17) is 0 Å². The third kappa shape index (κ3) is 4.01. The number of nitrogens with zero attached hydrogens (tertiary/aromatic N) is 2. The molecule has 0 spiro atoms. The molecule has 10 heavy (non-hydrogen) atoms. The van der Waals surface area contributed by atoms with Gasteiger partial charge in [-0.1, -0.05) is 6.08 Å². The molecular weight excluding hydrogens is 124 g/mol. The van der Waals surface area contributed by atoms with Crippen LogP contribution in [0.4, 0.5) is 0 Å². The van der Waals surface area contributed by atoms with Crippen molar-refractivity contribution in [3.8, 4) is 0 Å². The molecule has 2 heteroatoms. The SMILES string of the molecule is C\C=N/C(C)=N\C(C)=C/C. The first kappa shape index (κ1) is 9.08. The number of amidine groups is 1. The van der Waals surface area contributed by atoms with Gasteiger partial charge in [-0.3, -0.25) is 0 Å². The van der Waals surface area contributed by atoms with Crippen LogP contribution in [0.25, 0.3) is 0 Å². The average Bonchev–Trinajstić information content (AvgIpc) is 1.88. The van der Waals surface area contributed by atoms with E-state index in [9.17, 15) is 0 Å². The van der Waals surface area contributed by atoms with Crippen LogP contribution in [0.5, 0.6) is 0 Å². The third-order valence-corrected chi connectivity index (χ3v) is 1.07. The van der Waals surface area contributed by atoms with Gasteiger partial charge in [-0.2, -0.15) is 0 Å². The van der Waals surface area contributed by atoms with Gasteiger partial charge in [0.1, 0.15) is 5.84 Å². The molecule has 0 N–H and O–H groups in total. The van der Waals surface area contributed by atoms with Gasteiger partial charge in [0.05, 0.1) is 0 Å². The van der Waals surface area contributed by atoms with Gasteiger partial charge in [-0.05, 0) is 27.7 Å². The summed E-state index contributed by atoms with van der Waals surface area (Å²) in [5, 5.41) is 0. The standard InChI is InChI=1S/C8H14N2/c1-5-7(3)10-8(4)9-6-2/h5-6H,1-4H3/b7-5-,9-6-,10-8-. The van der Waals surface area contributed by atoms with E-state index in [-0.39, 0.29) is 0 Å². The van der Waals surface area contributed by atoms with E-state index in [0.717, 1.165) is 11.5 Å². The van der Waals surface area contributed by atoms with Gasteiger partial charge in [-0.25, -0.2) is 9.98 Å². The summed E-state index contributed by atoms with van der Waals surface area (Å²) >= 11 is 0. The molecule has 0 aromatic carbocycles. The maximum atomic E-state index is 4.16. The highest BCUT2D eigenvalue weighted by molar-refractivity contribution is 5.87. The predicted molar refractivity (Wildman–Crippen MR) is 46.7 cm³/mol. The van der Waals surface area contributed by atoms with Crippen LogP contribution in [-0.4, -0.2) is 12.1 Å². The van der Waals surface area contributed by atoms with E-state index in [0.29, 0.717) is 0 Å². The van der Waals surface area contributed by atoms with Crippen LogP contribution in [0.15, 0.2) is 21.8 Å². The summed E-state index contributed by atoms with van der Waals surface area (Å²) in [6.45, 7) is 7.67. The van der Waals surface area contributed by atoms with Crippen molar-refractivity contribution < 1.29 is 0 Å². The van der Waals surface area contributed by atoms with Crippen LogP contribution in [0, 0.1) is 0 Å². The molecule has 0 saturated heterocycles. The van der Waals surface area contributed by atoms with Crippen LogP contribution < -0.4 is 0 Å². The lowest BCUT2D eigenvalue weighted by atomic mass is 10.5. The molecule has 0 atom stereocenters. The Morgan fingerprint density at radius 2 is 1.80 bits per heavy atom. The minimum absolute atomic E-state index is 0.804. The highest BCUT2D eigenvalue weighted by atomic mass is 14.9. The van der Waals surface area contributed by atoms with Crippen molar-refractivity contribution in [1.29, 1.82) is 0 Å². The second-order valence-corrected chi connectivity index (χ2v) is 1.98. The lowest BCUT2D eigenvalue weighted by molar-refractivity contribution is 1.26. The van der Waals surface area contributed by atoms with E-state index in [1.807, 2.05) is 33.8 Å². The van der Waals surface area contributed by atoms with Gasteiger partial charge < -0.3 is 0 Å². The van der Waals surface area contributed by atoms with Gasteiger partial charge in [-0.15, -0.1) is 0 Å². The Morgan fingerprint density at radius 1 is 1.20 bits per heavy atom. The first-order valence-electron chi connectivity index (χ1n) is 3.37. The van der Waals surface area contributed by atoms with Crippen LogP contribution >= 0.6 is 0 Å². The largest absolute Gasteiger partial charge is 0.246 e. The summed E-state index contributed by atoms with van der Waals surface area (Å²) in [6.07, 6.45) is 3.69. The number of hydrogen-bond donors (Lipinski definition) is 0. The van der Waals surface area contributed by atoms with Crippen LogP contribution in [0.1, 0.15) is 27.7 Å². The third-order valence-electron chi connectivity index (χ3n) is 1.07. The number of hydrogen-bond acceptors (Lipinski definition) is 1. The highest BCUT2D eigenvalue weighted by Crippen LogP contribution is 1.94. The maximum Gasteiger partial charge on any atom is 0.125 e. The molecule has 0 aromatic rings. The molecule has 0 aliphatic heterocycles. The summed E-state index contributed by atoms with van der Waals surface area (Å²) in [5.41, 5.74) is 1.00. The number of allylic oxidation sites excluding steroid dienone is 2. The van der Waals surface area contributed by atoms with Gasteiger partial charge >= 0.3 is 0 Å². The zero-order chi connectivity index (χ0) is 7.98. The first-order chi connectivity index (χ1) is 4.70. The van der Waals surface area contributed by atoms with E-state index < -0.39 is 0 Å². The molecule has 0 saturated carbocycles. The Morgan fingerprint density at radius 3 is 2.20 bits per heavy atom. The second-order valence-electron chi connectivity index (χ2n) is 1.98. The fourth-order valence-electron chi connectivity index (χ4n) is 0.535. The Hall–Kier alpha value is -0.920. The van der Waals surface area contributed by atoms with Crippen LogP contribution in [0.3, 0.4) is 0 Å². The van der Waals surface area contributed by atoms with Crippen LogP contribution in [-0.2, 0) is 0 Å². The minimum atomic E-state index is 0.804. The predicted octanol–water partition coefficient (Wildman–Crippen LogP) is 2.42. The van der Waals surface area contributed by atoms with E-state index >= 15 is 0 Å². The lowest BCUT2D eigenvalue weighted by Crippen LogP contribution is -1.85. The van der Waals surface area contributed by atoms with E-state index in [2.05, 4.69) is 9.98 Å². The van der Waals surface area contributed by atoms with Crippen LogP contribution in [0.2, 0.25) is 0 Å². The quantitative estimate of drug-likeness (QED) is 0.392. The average molecular weight is 138 g/mol. The van der Waals surface area contributed by atoms with Crippen molar-refractivity contribution in [1.82, 2.24) is 0 Å². The number of aliphatic imine (C=N–C) groups is 2.